The molecular weight excluding hydrogens is 228 g/mol. The minimum Gasteiger partial charge on any atom is -0.486 e. The van der Waals surface area contributed by atoms with E-state index in [0.717, 1.165) is 30.9 Å². The maximum absolute atomic E-state index is 5.60. The lowest BCUT2D eigenvalue weighted by atomic mass is 10.0. The Hall–Kier alpha value is -1.26. The molecule has 0 aromatic heterocycles. The lowest BCUT2D eigenvalue weighted by Crippen LogP contribution is -2.34. The van der Waals surface area contributed by atoms with E-state index in [1.807, 2.05) is 6.07 Å². The van der Waals surface area contributed by atoms with Crippen LogP contribution in [0.15, 0.2) is 18.2 Å². The van der Waals surface area contributed by atoms with E-state index in [-0.39, 0.29) is 0 Å². The minimum atomic E-state index is 0.469. The van der Waals surface area contributed by atoms with E-state index < -0.39 is 0 Å². The molecule has 0 amide bonds. The van der Waals surface area contributed by atoms with Crippen LogP contribution >= 0.6 is 0 Å². The molecule has 0 saturated heterocycles. The molecule has 1 unspecified atom stereocenters. The molecule has 0 saturated carbocycles. The molecule has 0 bridgehead atoms. The Kier molecular flexibility index (Phi) is 4.84. The molecule has 1 aliphatic rings. The fraction of sp³-hybridized carbons (Fsp3) is 0.571. The fourth-order valence-electron chi connectivity index (χ4n) is 2.15. The lowest BCUT2D eigenvalue weighted by molar-refractivity contribution is 0.171. The van der Waals surface area contributed by atoms with Crippen LogP contribution < -0.4 is 20.5 Å². The quantitative estimate of drug-likeness (QED) is 0.799. The van der Waals surface area contributed by atoms with Gasteiger partial charge >= 0.3 is 0 Å². The first kappa shape index (κ1) is 13.2. The van der Waals surface area contributed by atoms with Crippen LogP contribution in [0.5, 0.6) is 11.5 Å². The Balaban J connectivity index is 1.99. The van der Waals surface area contributed by atoms with Crippen molar-refractivity contribution in [2.75, 3.05) is 26.3 Å². The van der Waals surface area contributed by atoms with Gasteiger partial charge in [0.1, 0.15) is 13.2 Å². The smallest absolute Gasteiger partial charge is 0.161 e. The second-order valence-electron chi connectivity index (χ2n) is 4.53. The SMILES string of the molecule is CCC(Cc1ccc2c(c1)OCCO2)NCCN. The van der Waals surface area contributed by atoms with Crippen molar-refractivity contribution >= 4 is 0 Å². The van der Waals surface area contributed by atoms with Crippen LogP contribution in [0.1, 0.15) is 18.9 Å². The molecule has 4 heteroatoms. The van der Waals surface area contributed by atoms with Gasteiger partial charge in [-0.25, -0.2) is 0 Å². The highest BCUT2D eigenvalue weighted by atomic mass is 16.6. The van der Waals surface area contributed by atoms with E-state index in [1.165, 1.54) is 5.56 Å². The molecular formula is C14H22N2O2. The van der Waals surface area contributed by atoms with Crippen molar-refractivity contribution in [1.29, 1.82) is 0 Å². The number of fused-ring (bicyclic) bond motifs is 1. The number of rotatable bonds is 6. The molecule has 0 spiro atoms. The van der Waals surface area contributed by atoms with Gasteiger partial charge in [0, 0.05) is 19.1 Å². The molecule has 0 fully saturated rings. The summed E-state index contributed by atoms with van der Waals surface area (Å²) in [5, 5.41) is 3.45. The van der Waals surface area contributed by atoms with Crippen molar-refractivity contribution in [1.82, 2.24) is 5.32 Å². The molecule has 0 radical (unpaired) electrons. The van der Waals surface area contributed by atoms with Crippen molar-refractivity contribution in [2.45, 2.75) is 25.8 Å². The van der Waals surface area contributed by atoms with Crippen molar-refractivity contribution in [3.8, 4) is 11.5 Å². The maximum atomic E-state index is 5.60. The first-order chi connectivity index (χ1) is 8.83. The van der Waals surface area contributed by atoms with Crippen molar-refractivity contribution in [2.24, 2.45) is 5.73 Å². The number of nitrogens with two attached hydrogens (primary N) is 1. The van der Waals surface area contributed by atoms with Crippen molar-refractivity contribution < 1.29 is 9.47 Å². The van der Waals surface area contributed by atoms with Crippen LogP contribution in [0.2, 0.25) is 0 Å². The third-order valence-electron chi connectivity index (χ3n) is 3.16. The van der Waals surface area contributed by atoms with Crippen LogP contribution in [0.3, 0.4) is 0 Å². The molecule has 4 nitrogen and oxygen atoms in total. The normalized spacial score (nSPS) is 15.4. The van der Waals surface area contributed by atoms with Gasteiger partial charge < -0.3 is 20.5 Å². The molecule has 0 aliphatic carbocycles. The van der Waals surface area contributed by atoms with Gasteiger partial charge in [-0.3, -0.25) is 0 Å². The zero-order valence-electron chi connectivity index (χ0n) is 10.9. The van der Waals surface area contributed by atoms with Crippen molar-refractivity contribution in [3.05, 3.63) is 23.8 Å². The number of nitrogens with one attached hydrogen (secondary N) is 1. The Labute approximate surface area is 108 Å². The van der Waals surface area contributed by atoms with E-state index in [9.17, 15) is 0 Å². The molecule has 1 heterocycles. The summed E-state index contributed by atoms with van der Waals surface area (Å²) in [6.45, 7) is 5.01. The Bertz CT molecular complexity index is 382. The molecule has 18 heavy (non-hydrogen) atoms. The Morgan fingerprint density at radius 3 is 2.78 bits per heavy atom. The largest absolute Gasteiger partial charge is 0.486 e. The summed E-state index contributed by atoms with van der Waals surface area (Å²) >= 11 is 0. The third kappa shape index (κ3) is 3.37. The van der Waals surface area contributed by atoms with Gasteiger partial charge in [-0.15, -0.1) is 0 Å². The fourth-order valence-corrected chi connectivity index (χ4v) is 2.15. The average molecular weight is 250 g/mol. The van der Waals surface area contributed by atoms with Gasteiger partial charge in [0.05, 0.1) is 0 Å². The first-order valence-corrected chi connectivity index (χ1v) is 6.65. The summed E-state index contributed by atoms with van der Waals surface area (Å²) in [7, 11) is 0. The van der Waals surface area contributed by atoms with E-state index in [4.69, 9.17) is 15.2 Å². The van der Waals surface area contributed by atoms with Gasteiger partial charge in [0.25, 0.3) is 0 Å². The summed E-state index contributed by atoms with van der Waals surface area (Å²) in [6, 6.07) is 6.66. The standard InChI is InChI=1S/C14H22N2O2/c1-2-12(16-6-5-15)9-11-3-4-13-14(10-11)18-8-7-17-13/h3-4,10,12,16H,2,5-9,15H2,1H3. The highest BCUT2D eigenvalue weighted by Crippen LogP contribution is 2.31. The number of benzene rings is 1. The van der Waals surface area contributed by atoms with Gasteiger partial charge in [0.2, 0.25) is 0 Å². The average Bonchev–Trinajstić information content (AvgIpc) is 2.43. The highest BCUT2D eigenvalue weighted by Gasteiger charge is 2.13. The van der Waals surface area contributed by atoms with E-state index in [1.54, 1.807) is 0 Å². The number of hydrogen-bond donors (Lipinski definition) is 2. The van der Waals surface area contributed by atoms with Crippen LogP contribution in [-0.2, 0) is 6.42 Å². The maximum Gasteiger partial charge on any atom is 0.161 e. The molecule has 1 aromatic carbocycles. The summed E-state index contributed by atoms with van der Waals surface area (Å²) in [5.41, 5.74) is 6.79. The van der Waals surface area contributed by atoms with Crippen LogP contribution in [0, 0.1) is 0 Å². The van der Waals surface area contributed by atoms with Gasteiger partial charge in [-0.1, -0.05) is 13.0 Å². The number of ether oxygens (including phenoxy) is 2. The molecule has 3 N–H and O–H groups in total. The van der Waals surface area contributed by atoms with Crippen molar-refractivity contribution in [3.63, 3.8) is 0 Å². The monoisotopic (exact) mass is 250 g/mol. The highest BCUT2D eigenvalue weighted by molar-refractivity contribution is 5.44. The molecule has 2 rings (SSSR count). The zero-order chi connectivity index (χ0) is 12.8. The molecule has 100 valence electrons. The van der Waals surface area contributed by atoms with E-state index in [2.05, 4.69) is 24.4 Å². The van der Waals surface area contributed by atoms with Crippen LogP contribution in [0.25, 0.3) is 0 Å². The minimum absolute atomic E-state index is 0.469. The van der Waals surface area contributed by atoms with E-state index >= 15 is 0 Å². The van der Waals surface area contributed by atoms with Gasteiger partial charge in [0.15, 0.2) is 11.5 Å². The second-order valence-corrected chi connectivity index (χ2v) is 4.53. The van der Waals surface area contributed by atoms with Crippen LogP contribution in [-0.4, -0.2) is 32.3 Å². The summed E-state index contributed by atoms with van der Waals surface area (Å²) in [5.74, 6) is 1.72. The Morgan fingerprint density at radius 1 is 1.28 bits per heavy atom. The van der Waals surface area contributed by atoms with Crippen LogP contribution in [0.4, 0.5) is 0 Å². The first-order valence-electron chi connectivity index (χ1n) is 6.65. The molecule has 1 aromatic rings. The van der Waals surface area contributed by atoms with E-state index in [0.29, 0.717) is 25.8 Å². The van der Waals surface area contributed by atoms with Gasteiger partial charge in [-0.05, 0) is 30.5 Å². The molecule has 1 atom stereocenters. The Morgan fingerprint density at radius 2 is 2.06 bits per heavy atom. The van der Waals surface area contributed by atoms with Gasteiger partial charge in [-0.2, -0.15) is 0 Å². The predicted octanol–water partition coefficient (Wildman–Crippen LogP) is 1.33. The third-order valence-corrected chi connectivity index (χ3v) is 3.16. The summed E-state index contributed by atoms with van der Waals surface area (Å²) in [6.07, 6.45) is 2.08. The predicted molar refractivity (Wildman–Crippen MR) is 72.3 cm³/mol. The topological polar surface area (TPSA) is 56.5 Å². The number of hydrogen-bond acceptors (Lipinski definition) is 4. The molecule has 1 aliphatic heterocycles. The summed E-state index contributed by atoms with van der Waals surface area (Å²) in [4.78, 5) is 0. The second kappa shape index (κ2) is 6.61. The summed E-state index contributed by atoms with van der Waals surface area (Å²) < 4.78 is 11.1. The zero-order valence-corrected chi connectivity index (χ0v) is 10.9. The lowest BCUT2D eigenvalue weighted by Gasteiger charge is -2.21.